The molecule has 0 radical (unpaired) electrons. The number of nitrogens with one attached hydrogen (secondary N) is 5. The summed E-state index contributed by atoms with van der Waals surface area (Å²) in [6, 6.07) is 21.0. The predicted molar refractivity (Wildman–Crippen MR) is 291 cm³/mol. The van der Waals surface area contributed by atoms with Gasteiger partial charge in [0.15, 0.2) is 0 Å². The van der Waals surface area contributed by atoms with Crippen LogP contribution < -0.4 is 48.5 Å². The van der Waals surface area contributed by atoms with E-state index >= 15 is 0 Å². The van der Waals surface area contributed by atoms with Gasteiger partial charge in [0.2, 0.25) is 35.9 Å². The molecular weight excluding hydrogens is 1250 g/mol. The molecule has 0 aliphatic rings. The zero-order chi connectivity index (χ0) is 58.0. The number of rotatable bonds is 28. The molecule has 0 fully saturated rings. The van der Waals surface area contributed by atoms with E-state index in [9.17, 15) is 48.2 Å². The van der Waals surface area contributed by atoms with Crippen LogP contribution in [0.25, 0.3) is 11.1 Å². The number of unbranched alkanes of at least 4 members (excludes halogenated alkanes) is 1. The van der Waals surface area contributed by atoms with Crippen molar-refractivity contribution in [2.75, 3.05) is 26.8 Å². The molecule has 20 nitrogen and oxygen atoms in total. The number of aliphatic hydroxyl groups is 2. The van der Waals surface area contributed by atoms with Gasteiger partial charge in [0.05, 0.1) is 43.7 Å². The largest absolute Gasteiger partial charge is 0.520 e. The Bertz CT molecular complexity index is 2460. The van der Waals surface area contributed by atoms with Crippen molar-refractivity contribution < 1.29 is 62.8 Å². The number of hydrogen-bond acceptors (Lipinski definition) is 12. The molecule has 4 rings (SSSR count). The topological polar surface area (TPSA) is 345 Å². The molecule has 14 N–H and O–H groups in total. The number of carboxylic acids is 1. The Kier molecular flexibility index (Phi) is 33.6. The minimum atomic E-state index is -1.53. The summed E-state index contributed by atoms with van der Waals surface area (Å²) < 4.78 is 18.2. The van der Waals surface area contributed by atoms with Gasteiger partial charge in [-0.3, -0.25) is 33.6 Å². The van der Waals surface area contributed by atoms with Crippen LogP contribution in [0.1, 0.15) is 86.3 Å². The van der Waals surface area contributed by atoms with E-state index in [4.69, 9.17) is 26.1 Å². The molecule has 0 aliphatic heterocycles. The van der Waals surface area contributed by atoms with Crippen molar-refractivity contribution in [1.29, 1.82) is 0 Å². The molecule has 78 heavy (non-hydrogen) atoms. The van der Waals surface area contributed by atoms with E-state index in [1.165, 1.54) is 26.3 Å². The van der Waals surface area contributed by atoms with Crippen molar-refractivity contribution in [3.8, 4) is 16.9 Å². The van der Waals surface area contributed by atoms with Crippen LogP contribution in [0.5, 0.6) is 5.75 Å². The van der Waals surface area contributed by atoms with E-state index in [0.29, 0.717) is 37.1 Å². The van der Waals surface area contributed by atoms with Crippen molar-refractivity contribution >= 4 is 48.3 Å². The normalized spacial score (nSPS) is 12.5. The summed E-state index contributed by atoms with van der Waals surface area (Å²) in [6.45, 7) is 10.7. The fraction of sp³-hybridized carbons (Fsp3) is 0.429. The van der Waals surface area contributed by atoms with Crippen LogP contribution in [0.3, 0.4) is 0 Å². The maximum absolute atomic E-state index is 14.3. The number of aliphatic hydroxyl groups excluding tert-OH is 2. The van der Waals surface area contributed by atoms with Gasteiger partial charge in [-0.25, -0.2) is 4.39 Å². The van der Waals surface area contributed by atoms with E-state index < -0.39 is 84.7 Å². The maximum Gasteiger partial charge on any atom is 0.305 e. The summed E-state index contributed by atoms with van der Waals surface area (Å²) in [7, 11) is 1.00. The molecule has 0 saturated heterocycles. The smallest absolute Gasteiger partial charge is 0.305 e. The first-order valence-corrected chi connectivity index (χ1v) is 25.1. The van der Waals surface area contributed by atoms with Gasteiger partial charge in [-0.15, -0.1) is 0 Å². The van der Waals surface area contributed by atoms with Gasteiger partial charge in [0.1, 0.15) is 23.7 Å². The molecule has 22 heteroatoms. The van der Waals surface area contributed by atoms with Gasteiger partial charge in [-0.1, -0.05) is 84.8 Å². The van der Waals surface area contributed by atoms with Crippen molar-refractivity contribution in [2.24, 2.45) is 23.1 Å². The molecule has 0 aliphatic carbocycles. The Morgan fingerprint density at radius 3 is 1.97 bits per heavy atom. The van der Waals surface area contributed by atoms with Crippen LogP contribution in [0.15, 0.2) is 84.9 Å². The number of aryl methyl sites for hydroxylation is 5. The Morgan fingerprint density at radius 2 is 1.45 bits per heavy atom. The van der Waals surface area contributed by atoms with Crippen molar-refractivity contribution in [1.82, 2.24) is 26.6 Å². The molecule has 0 spiro atoms. The second-order valence-electron chi connectivity index (χ2n) is 17.9. The standard InChI is InChI=1S/C47H64N7O10.C7H7F.CH3NO.CH4O.Fm/c1-6-34-24-36(64-19-8-7-18-48)16-17-37(34)35-14-12-32(13-15-35)23-38(46(62)53-39(44(49)60)11-9-10-33-21-28(2)20-29(3)22-33)40(25-42(58)59)52-41(57)26-50-47(63)43(31(5)56)54-45(61)30(4)51-27-55;1-6-4-2-3-5-7(6)8;2-1-3;1-2;/h12-17,20-22,24,30-31,38-40,43,56H,6-11,18-19,23,25-26,48H2,1-5H3,(H2,49,60)(H,50,63)(H,51,55)(H,52,57)(H,53,62)(H,54,61)(H,58,59);2-5H,1H3;1H,(H2,2,3);2H,1H3;/q-1;;;;/t30?,31?,38-,39?,40?,43?;;;;/m1..../s1. The van der Waals surface area contributed by atoms with Crippen molar-refractivity contribution in [3.05, 3.63) is 124 Å². The maximum atomic E-state index is 14.3. The monoisotopic (exact) mass is 1330 g/mol. The predicted octanol–water partition coefficient (Wildman–Crippen LogP) is 2.63. The quantitative estimate of drug-likeness (QED) is 0.0169. The van der Waals surface area contributed by atoms with Gasteiger partial charge < -0.3 is 68.6 Å². The van der Waals surface area contributed by atoms with Crippen LogP contribution in [-0.2, 0) is 57.6 Å². The van der Waals surface area contributed by atoms with Crippen LogP contribution in [0.4, 0.5) is 4.39 Å². The SMILES string of the molecule is CCc1cc(OCCCCN)ccc1-c1ccc(C[C@@H](C(=O)NC(CCCc2cc(C)cc(C)c2)C(N)=O)C(CC(=O)O)NC(=O)CNC(=O)C(NC(=O)C(C)N[C-]=O)C(C)O)cc1.CO.Cc1ccccc1F.NC=O.[Fm]. The minimum Gasteiger partial charge on any atom is -0.520 e. The molecular formula is C56H78FFmN8O12-. The number of primary amides is 2. The van der Waals surface area contributed by atoms with Crippen molar-refractivity contribution in [2.45, 2.75) is 123 Å². The third kappa shape index (κ3) is 25.7. The van der Waals surface area contributed by atoms with Gasteiger partial charge in [-0.05, 0) is 138 Å². The van der Waals surface area contributed by atoms with Crippen molar-refractivity contribution in [3.63, 3.8) is 0 Å². The molecule has 434 valence electrons. The number of aliphatic carboxylic acids is 1. The van der Waals surface area contributed by atoms with E-state index in [1.807, 2.05) is 69.3 Å². The average molecular weight is 1330 g/mol. The number of nitrogens with two attached hydrogens (primary N) is 3. The number of amides is 7. The fourth-order valence-corrected chi connectivity index (χ4v) is 7.86. The summed E-state index contributed by atoms with van der Waals surface area (Å²) in [4.78, 5) is 97.4. The first kappa shape index (κ1) is 69.2. The number of carbonyl (C=O) groups is 7. The first-order valence-electron chi connectivity index (χ1n) is 25.1. The first-order chi connectivity index (χ1) is 36.7. The number of benzene rings is 4. The van der Waals surface area contributed by atoms with Crippen LogP contribution in [0.2, 0.25) is 0 Å². The molecule has 5 unspecified atom stereocenters. The number of halogens is 1. The number of carbonyl (C=O) groups excluding carboxylic acids is 7. The second kappa shape index (κ2) is 37.9. The van der Waals surface area contributed by atoms with Gasteiger partial charge in [0.25, 0.3) is 0 Å². The average Bonchev–Trinajstić information content (AvgIpc) is 3.38. The van der Waals surface area contributed by atoms with Gasteiger partial charge in [0, 0.05) is 7.11 Å². The zero-order valence-corrected chi connectivity index (χ0v) is 47.7. The molecule has 7 amide bonds. The number of carboxylic acid groups (broad SMARTS) is 1. The molecule has 4 aromatic rings. The molecule has 0 heterocycles. The van der Waals surface area contributed by atoms with E-state index in [-0.39, 0.29) is 25.1 Å². The Labute approximate surface area is 450 Å². The minimum absolute atomic E-state index is 0. The molecule has 0 saturated carbocycles. The Balaban J connectivity index is 0.00000375. The molecule has 6 atom stereocenters. The fourth-order valence-electron chi connectivity index (χ4n) is 7.86. The second-order valence-corrected chi connectivity index (χ2v) is 17.9. The van der Waals surface area contributed by atoms with Gasteiger partial charge >= 0.3 is 5.97 Å². The van der Waals surface area contributed by atoms with Crippen LogP contribution >= 0.6 is 0 Å². The summed E-state index contributed by atoms with van der Waals surface area (Å²) in [5, 5.41) is 39.2. The van der Waals surface area contributed by atoms with Gasteiger partial charge in [-0.2, -0.15) is 6.41 Å². The van der Waals surface area contributed by atoms with Crippen LogP contribution in [0, 0.1) is 32.5 Å². The Hall–Kier alpha value is -8.75. The molecule has 0 aromatic heterocycles. The number of ether oxygens (including phenoxy) is 1. The Morgan fingerprint density at radius 1 is 0.821 bits per heavy atom. The van der Waals surface area contributed by atoms with E-state index in [2.05, 4.69) is 38.4 Å². The van der Waals surface area contributed by atoms with Crippen LogP contribution in [-0.4, -0.2) is 121 Å². The third-order valence-electron chi connectivity index (χ3n) is 11.7. The van der Waals surface area contributed by atoms with E-state index in [0.717, 1.165) is 65.5 Å². The molecule has 4 aromatic carbocycles. The molecule has 0 bridgehead atoms. The van der Waals surface area contributed by atoms with E-state index in [1.54, 1.807) is 31.2 Å². The summed E-state index contributed by atoms with van der Waals surface area (Å²) >= 11 is 0. The zero-order valence-electron chi connectivity index (χ0n) is 45.3. The summed E-state index contributed by atoms with van der Waals surface area (Å²) in [6.07, 6.45) is 3.15. The third-order valence-corrected chi connectivity index (χ3v) is 11.7. The summed E-state index contributed by atoms with van der Waals surface area (Å²) in [5.41, 5.74) is 23.0. The summed E-state index contributed by atoms with van der Waals surface area (Å²) in [5.74, 6) is -6.12. The number of hydrogen-bond donors (Lipinski definition) is 11.